The third kappa shape index (κ3) is 2.84. The number of amidine groups is 1. The number of para-hydroxylation sites is 2. The molecule has 104 valence electrons. The maximum absolute atomic E-state index is 4.60. The van der Waals surface area contributed by atoms with Crippen molar-refractivity contribution in [3.8, 4) is 0 Å². The van der Waals surface area contributed by atoms with E-state index < -0.39 is 0 Å². The van der Waals surface area contributed by atoms with Crippen molar-refractivity contribution in [3.05, 3.63) is 60.7 Å². The van der Waals surface area contributed by atoms with Crippen LogP contribution in [0.4, 0.5) is 11.4 Å². The maximum atomic E-state index is 4.60. The lowest BCUT2D eigenvalue weighted by molar-refractivity contribution is 0.717. The van der Waals surface area contributed by atoms with E-state index in [0.717, 1.165) is 23.6 Å². The summed E-state index contributed by atoms with van der Waals surface area (Å²) < 4.78 is 0. The van der Waals surface area contributed by atoms with Crippen LogP contribution in [0.3, 0.4) is 0 Å². The Morgan fingerprint density at radius 2 is 1.45 bits per heavy atom. The lowest BCUT2D eigenvalue weighted by atomic mass is 10.3. The highest BCUT2D eigenvalue weighted by atomic mass is 79.9. The Kier molecular flexibility index (Phi) is 4.76. The summed E-state index contributed by atoms with van der Waals surface area (Å²) in [5, 5.41) is 8.40. The summed E-state index contributed by atoms with van der Waals surface area (Å²) in [5.74, 6) is 0.995. The van der Waals surface area contributed by atoms with Crippen LogP contribution in [0.15, 0.2) is 65.8 Å². The van der Waals surface area contributed by atoms with Gasteiger partial charge in [0.25, 0.3) is 0 Å². The zero-order valence-electron chi connectivity index (χ0n) is 11.2. The SMILES string of the molecule is Br.CCC1=NN(c2ccccc2)NN1c1ccccc1. The van der Waals surface area contributed by atoms with Crippen LogP contribution in [0.1, 0.15) is 13.3 Å². The smallest absolute Gasteiger partial charge is 0.147 e. The highest BCUT2D eigenvalue weighted by molar-refractivity contribution is 8.93. The van der Waals surface area contributed by atoms with E-state index in [1.54, 1.807) is 5.12 Å². The number of hydrazine groups is 2. The number of hydrazone groups is 1. The number of anilines is 2. The van der Waals surface area contributed by atoms with Gasteiger partial charge in [-0.05, 0) is 24.3 Å². The number of benzene rings is 2. The molecule has 0 aliphatic carbocycles. The molecule has 0 fully saturated rings. The van der Waals surface area contributed by atoms with Crippen molar-refractivity contribution in [2.45, 2.75) is 13.3 Å². The third-order valence-corrected chi connectivity index (χ3v) is 3.00. The molecule has 0 aromatic heterocycles. The maximum Gasteiger partial charge on any atom is 0.147 e. The molecule has 2 aromatic rings. The third-order valence-electron chi connectivity index (χ3n) is 3.00. The van der Waals surface area contributed by atoms with E-state index >= 15 is 0 Å². The summed E-state index contributed by atoms with van der Waals surface area (Å²) in [6.45, 7) is 2.10. The average Bonchev–Trinajstić information content (AvgIpc) is 2.93. The summed E-state index contributed by atoms with van der Waals surface area (Å²) in [6.07, 6.45) is 0.866. The Hall–Kier alpha value is -1.85. The van der Waals surface area contributed by atoms with E-state index in [4.69, 9.17) is 0 Å². The van der Waals surface area contributed by atoms with E-state index in [-0.39, 0.29) is 17.0 Å². The molecule has 1 N–H and O–H groups in total. The largest absolute Gasteiger partial charge is 0.242 e. The molecule has 3 rings (SSSR count). The van der Waals surface area contributed by atoms with Crippen LogP contribution in [0.2, 0.25) is 0 Å². The summed E-state index contributed by atoms with van der Waals surface area (Å²) in [4.78, 5) is 0. The number of hydrogen-bond donors (Lipinski definition) is 1. The molecule has 4 nitrogen and oxygen atoms in total. The lowest BCUT2D eigenvalue weighted by Crippen LogP contribution is -2.43. The molecular weight excluding hydrogens is 316 g/mol. The van der Waals surface area contributed by atoms with Gasteiger partial charge in [0.2, 0.25) is 0 Å². The van der Waals surface area contributed by atoms with Crippen molar-refractivity contribution in [2.24, 2.45) is 5.10 Å². The minimum atomic E-state index is 0. The minimum Gasteiger partial charge on any atom is -0.242 e. The first kappa shape index (κ1) is 14.6. The first-order chi connectivity index (χ1) is 9.38. The van der Waals surface area contributed by atoms with Gasteiger partial charge in [0.05, 0.1) is 11.4 Å². The summed E-state index contributed by atoms with van der Waals surface area (Å²) >= 11 is 0. The highest BCUT2D eigenvalue weighted by Crippen LogP contribution is 2.21. The number of nitrogens with zero attached hydrogens (tertiary/aromatic N) is 3. The molecule has 1 aliphatic rings. The second kappa shape index (κ2) is 6.54. The van der Waals surface area contributed by atoms with E-state index in [2.05, 4.69) is 29.7 Å². The summed E-state index contributed by atoms with van der Waals surface area (Å²) in [6, 6.07) is 20.2. The van der Waals surface area contributed by atoms with Crippen LogP contribution in [-0.2, 0) is 0 Å². The van der Waals surface area contributed by atoms with Gasteiger partial charge in [-0.25, -0.2) is 5.01 Å². The van der Waals surface area contributed by atoms with Gasteiger partial charge in [0, 0.05) is 6.42 Å². The first-order valence-corrected chi connectivity index (χ1v) is 6.42. The number of rotatable bonds is 3. The highest BCUT2D eigenvalue weighted by Gasteiger charge is 2.23. The van der Waals surface area contributed by atoms with Crippen LogP contribution in [0.25, 0.3) is 0 Å². The zero-order valence-corrected chi connectivity index (χ0v) is 12.9. The quantitative estimate of drug-likeness (QED) is 0.928. The normalized spacial score (nSPS) is 13.9. The van der Waals surface area contributed by atoms with Gasteiger partial charge in [0.1, 0.15) is 5.84 Å². The fourth-order valence-electron chi connectivity index (χ4n) is 2.03. The predicted molar refractivity (Wildman–Crippen MR) is 89.0 cm³/mol. The Labute approximate surface area is 129 Å². The van der Waals surface area contributed by atoms with Crippen molar-refractivity contribution in [3.63, 3.8) is 0 Å². The van der Waals surface area contributed by atoms with Gasteiger partial charge in [-0.3, -0.25) is 0 Å². The Morgan fingerprint density at radius 3 is 2.00 bits per heavy atom. The van der Waals surface area contributed by atoms with E-state index in [0.29, 0.717) is 0 Å². The number of nitrogens with one attached hydrogen (secondary N) is 1. The molecule has 0 amide bonds. The number of halogens is 1. The molecule has 20 heavy (non-hydrogen) atoms. The molecule has 0 radical (unpaired) electrons. The van der Waals surface area contributed by atoms with Crippen LogP contribution < -0.4 is 15.7 Å². The molecule has 0 bridgehead atoms. The molecule has 0 spiro atoms. The molecule has 1 heterocycles. The van der Waals surface area contributed by atoms with Crippen LogP contribution in [-0.4, -0.2) is 5.84 Å². The van der Waals surface area contributed by atoms with E-state index in [1.807, 2.05) is 53.5 Å². The molecular formula is C15H17BrN4. The molecule has 5 heteroatoms. The van der Waals surface area contributed by atoms with E-state index in [9.17, 15) is 0 Å². The monoisotopic (exact) mass is 332 g/mol. The molecule has 0 saturated heterocycles. The second-order valence-electron chi connectivity index (χ2n) is 4.29. The molecule has 1 aliphatic heterocycles. The fourth-order valence-corrected chi connectivity index (χ4v) is 2.03. The first-order valence-electron chi connectivity index (χ1n) is 6.42. The Balaban J connectivity index is 0.00000147. The summed E-state index contributed by atoms with van der Waals surface area (Å²) in [7, 11) is 0. The second-order valence-corrected chi connectivity index (χ2v) is 4.29. The van der Waals surface area contributed by atoms with Crippen molar-refractivity contribution in [1.82, 2.24) is 5.53 Å². The van der Waals surface area contributed by atoms with Crippen LogP contribution in [0, 0.1) is 0 Å². The molecule has 0 unspecified atom stereocenters. The van der Waals surface area contributed by atoms with Crippen molar-refractivity contribution < 1.29 is 0 Å². The van der Waals surface area contributed by atoms with Crippen LogP contribution in [0.5, 0.6) is 0 Å². The topological polar surface area (TPSA) is 30.9 Å². The number of hydrogen-bond acceptors (Lipinski definition) is 4. The van der Waals surface area contributed by atoms with Crippen molar-refractivity contribution >= 4 is 34.2 Å². The van der Waals surface area contributed by atoms with Crippen LogP contribution >= 0.6 is 17.0 Å². The zero-order chi connectivity index (χ0) is 13.1. The minimum absolute atomic E-state index is 0. The standard InChI is InChI=1S/C15H16N4.BrH/c1-2-15-16-19(14-11-7-4-8-12-14)17-18(15)13-9-5-3-6-10-13;/h3-12,17H,2H2,1H3;1H. The molecule has 2 aromatic carbocycles. The van der Waals surface area contributed by atoms with Crippen molar-refractivity contribution in [2.75, 3.05) is 10.1 Å². The lowest BCUT2D eigenvalue weighted by Gasteiger charge is -2.21. The van der Waals surface area contributed by atoms with Gasteiger partial charge >= 0.3 is 0 Å². The van der Waals surface area contributed by atoms with Gasteiger partial charge in [-0.2, -0.15) is 5.12 Å². The Morgan fingerprint density at radius 1 is 0.900 bits per heavy atom. The van der Waals surface area contributed by atoms with Gasteiger partial charge in [-0.1, -0.05) is 43.3 Å². The average molecular weight is 333 g/mol. The molecule has 0 saturated carbocycles. The summed E-state index contributed by atoms with van der Waals surface area (Å²) in [5.41, 5.74) is 5.39. The van der Waals surface area contributed by atoms with Gasteiger partial charge in [0.15, 0.2) is 0 Å². The molecule has 0 atom stereocenters. The Bertz CT molecular complexity index is 571. The fraction of sp³-hybridized carbons (Fsp3) is 0.133. The van der Waals surface area contributed by atoms with Gasteiger partial charge in [-0.15, -0.1) is 27.6 Å². The van der Waals surface area contributed by atoms with E-state index in [1.165, 1.54) is 0 Å². The van der Waals surface area contributed by atoms with Crippen molar-refractivity contribution in [1.29, 1.82) is 0 Å². The van der Waals surface area contributed by atoms with Gasteiger partial charge < -0.3 is 0 Å². The predicted octanol–water partition coefficient (Wildman–Crippen LogP) is 3.73.